The summed E-state index contributed by atoms with van der Waals surface area (Å²) in [6.45, 7) is 2.35. The van der Waals surface area contributed by atoms with Gasteiger partial charge in [-0.05, 0) is 30.9 Å². The van der Waals surface area contributed by atoms with Crippen LogP contribution in [0, 0.1) is 5.92 Å². The van der Waals surface area contributed by atoms with Gasteiger partial charge in [-0.2, -0.15) is 0 Å². The summed E-state index contributed by atoms with van der Waals surface area (Å²) in [7, 11) is 0. The molecule has 2 aromatic rings. The fraction of sp³-hybridized carbons (Fsp3) is 0.350. The van der Waals surface area contributed by atoms with Crippen molar-refractivity contribution in [2.24, 2.45) is 5.92 Å². The van der Waals surface area contributed by atoms with Gasteiger partial charge in [0.15, 0.2) is 0 Å². The quantitative estimate of drug-likeness (QED) is 0.833. The zero-order valence-electron chi connectivity index (χ0n) is 13.4. The van der Waals surface area contributed by atoms with E-state index >= 15 is 0 Å². The third-order valence-corrected chi connectivity index (χ3v) is 4.67. The van der Waals surface area contributed by atoms with E-state index in [0.29, 0.717) is 6.54 Å². The molecule has 0 aromatic heterocycles. The van der Waals surface area contributed by atoms with E-state index in [0.717, 1.165) is 18.4 Å². The number of carbonyl (C=O) groups is 1. The first-order chi connectivity index (χ1) is 11.2. The molecule has 0 saturated carbocycles. The van der Waals surface area contributed by atoms with Crippen LogP contribution in [-0.2, 0) is 17.8 Å². The molecule has 1 amide bonds. The molecule has 3 heteroatoms. The Morgan fingerprint density at radius 1 is 1.00 bits per heavy atom. The molecule has 1 aliphatic rings. The molecule has 1 fully saturated rings. The van der Waals surface area contributed by atoms with Gasteiger partial charge in [0.2, 0.25) is 5.91 Å². The maximum absolute atomic E-state index is 12.4. The van der Waals surface area contributed by atoms with Gasteiger partial charge in [0, 0.05) is 12.6 Å². The largest absolute Gasteiger partial charge is 0.393 e. The van der Waals surface area contributed by atoms with Crippen LogP contribution in [0.2, 0.25) is 0 Å². The van der Waals surface area contributed by atoms with Gasteiger partial charge in [0.25, 0.3) is 0 Å². The maximum Gasteiger partial charge on any atom is 0.230 e. The van der Waals surface area contributed by atoms with E-state index in [-0.39, 0.29) is 17.9 Å². The molecular weight excluding hydrogens is 286 g/mol. The molecule has 0 radical (unpaired) electrons. The fourth-order valence-corrected chi connectivity index (χ4v) is 3.43. The summed E-state index contributed by atoms with van der Waals surface area (Å²) in [5.74, 6) is -0.190. The highest BCUT2D eigenvalue weighted by Gasteiger charge is 2.48. The van der Waals surface area contributed by atoms with E-state index in [9.17, 15) is 9.90 Å². The van der Waals surface area contributed by atoms with Crippen molar-refractivity contribution in [1.82, 2.24) is 4.90 Å². The first-order valence-electron chi connectivity index (χ1n) is 8.23. The molecule has 0 bridgehead atoms. The van der Waals surface area contributed by atoms with E-state index < -0.39 is 6.10 Å². The molecule has 3 rings (SSSR count). The summed E-state index contributed by atoms with van der Waals surface area (Å²) in [6.07, 6.45) is 1.22. The van der Waals surface area contributed by atoms with Crippen LogP contribution in [0.25, 0.3) is 0 Å². The first kappa shape index (κ1) is 15.8. The number of aryl methyl sites for hydroxylation is 1. The predicted octanol–water partition coefficient (Wildman–Crippen LogP) is 3.03. The summed E-state index contributed by atoms with van der Waals surface area (Å²) in [6, 6.07) is 20.5. The van der Waals surface area contributed by atoms with Crippen molar-refractivity contribution in [3.8, 4) is 0 Å². The number of rotatable bonds is 6. The Kier molecular flexibility index (Phi) is 4.77. The summed E-state index contributed by atoms with van der Waals surface area (Å²) >= 11 is 0. The third kappa shape index (κ3) is 3.45. The second-order valence-electron chi connectivity index (χ2n) is 6.31. The summed E-state index contributed by atoms with van der Waals surface area (Å²) in [5.41, 5.74) is 2.41. The number of hydrogen-bond acceptors (Lipinski definition) is 2. The topological polar surface area (TPSA) is 40.5 Å². The van der Waals surface area contributed by atoms with Crippen molar-refractivity contribution in [2.75, 3.05) is 0 Å². The van der Waals surface area contributed by atoms with Crippen LogP contribution in [-0.4, -0.2) is 28.1 Å². The Balaban J connectivity index is 1.69. The van der Waals surface area contributed by atoms with Crippen molar-refractivity contribution in [2.45, 2.75) is 38.5 Å². The minimum absolute atomic E-state index is 0.0712. The van der Waals surface area contributed by atoms with E-state index in [1.54, 1.807) is 6.92 Å². The molecule has 1 saturated heterocycles. The molecule has 23 heavy (non-hydrogen) atoms. The van der Waals surface area contributed by atoms with Gasteiger partial charge in [0.05, 0.1) is 12.0 Å². The van der Waals surface area contributed by atoms with Crippen LogP contribution in [0.4, 0.5) is 0 Å². The van der Waals surface area contributed by atoms with Crippen molar-refractivity contribution >= 4 is 5.91 Å². The number of aliphatic hydroxyl groups is 1. The Hall–Kier alpha value is -2.13. The Labute approximate surface area is 137 Å². The average molecular weight is 309 g/mol. The number of amides is 1. The van der Waals surface area contributed by atoms with Gasteiger partial charge in [-0.15, -0.1) is 0 Å². The van der Waals surface area contributed by atoms with Gasteiger partial charge in [0.1, 0.15) is 0 Å². The zero-order valence-corrected chi connectivity index (χ0v) is 13.4. The fourth-order valence-electron chi connectivity index (χ4n) is 3.43. The molecule has 3 nitrogen and oxygen atoms in total. The van der Waals surface area contributed by atoms with Crippen LogP contribution in [0.5, 0.6) is 0 Å². The van der Waals surface area contributed by atoms with Crippen LogP contribution in [0.1, 0.15) is 24.5 Å². The second-order valence-corrected chi connectivity index (χ2v) is 6.31. The normalized spacial score (nSPS) is 21.8. The Morgan fingerprint density at radius 3 is 2.13 bits per heavy atom. The SMILES string of the molecule is C[C@H](O)[C@H]1C(=O)N(Cc2ccccc2)[C@H]1CCc1ccccc1. The molecule has 3 atom stereocenters. The number of aliphatic hydroxyl groups excluding tert-OH is 1. The molecule has 0 spiro atoms. The lowest BCUT2D eigenvalue weighted by Gasteiger charge is -2.49. The number of carbonyl (C=O) groups excluding carboxylic acids is 1. The Bertz CT molecular complexity index is 639. The van der Waals surface area contributed by atoms with Crippen LogP contribution >= 0.6 is 0 Å². The van der Waals surface area contributed by atoms with Crippen LogP contribution in [0.15, 0.2) is 60.7 Å². The molecule has 0 aliphatic carbocycles. The smallest absolute Gasteiger partial charge is 0.230 e. The highest BCUT2D eigenvalue weighted by molar-refractivity contribution is 5.86. The van der Waals surface area contributed by atoms with Gasteiger partial charge < -0.3 is 10.0 Å². The number of hydrogen-bond donors (Lipinski definition) is 1. The maximum atomic E-state index is 12.4. The van der Waals surface area contributed by atoms with E-state index in [1.165, 1.54) is 5.56 Å². The number of likely N-dealkylation sites (tertiary alicyclic amines) is 1. The van der Waals surface area contributed by atoms with E-state index in [2.05, 4.69) is 12.1 Å². The average Bonchev–Trinajstić information content (AvgIpc) is 2.57. The molecule has 0 unspecified atom stereocenters. The molecule has 1 aliphatic heterocycles. The summed E-state index contributed by atoms with van der Waals surface area (Å²) in [4.78, 5) is 14.3. The number of benzene rings is 2. The molecule has 1 heterocycles. The molecule has 1 N–H and O–H groups in total. The van der Waals surface area contributed by atoms with Gasteiger partial charge >= 0.3 is 0 Å². The monoisotopic (exact) mass is 309 g/mol. The standard InChI is InChI=1S/C20H23NO2/c1-15(22)19-18(13-12-16-8-4-2-5-9-16)21(20(19)23)14-17-10-6-3-7-11-17/h2-11,15,18-19,22H,12-14H2,1H3/t15-,18-,19+/m0/s1. The minimum Gasteiger partial charge on any atom is -0.393 e. The van der Waals surface area contributed by atoms with E-state index in [1.807, 2.05) is 53.4 Å². The number of β-lactam (4-membered cyclic amide) rings is 1. The second kappa shape index (κ2) is 6.97. The van der Waals surface area contributed by atoms with Crippen molar-refractivity contribution in [3.63, 3.8) is 0 Å². The minimum atomic E-state index is -0.588. The van der Waals surface area contributed by atoms with Gasteiger partial charge in [-0.25, -0.2) is 0 Å². The summed E-state index contributed by atoms with van der Waals surface area (Å²) in [5, 5.41) is 9.95. The van der Waals surface area contributed by atoms with Crippen molar-refractivity contribution in [3.05, 3.63) is 71.8 Å². The lowest BCUT2D eigenvalue weighted by molar-refractivity contribution is -0.165. The predicted molar refractivity (Wildman–Crippen MR) is 90.7 cm³/mol. The van der Waals surface area contributed by atoms with E-state index in [4.69, 9.17) is 0 Å². The van der Waals surface area contributed by atoms with Gasteiger partial charge in [-0.3, -0.25) is 4.79 Å². The van der Waals surface area contributed by atoms with Gasteiger partial charge in [-0.1, -0.05) is 60.7 Å². The highest BCUT2D eigenvalue weighted by Crippen LogP contribution is 2.34. The lowest BCUT2D eigenvalue weighted by atomic mass is 9.80. The van der Waals surface area contributed by atoms with Crippen LogP contribution in [0.3, 0.4) is 0 Å². The first-order valence-corrected chi connectivity index (χ1v) is 8.23. The molecule has 2 aromatic carbocycles. The van der Waals surface area contributed by atoms with Crippen LogP contribution < -0.4 is 0 Å². The third-order valence-electron chi connectivity index (χ3n) is 4.67. The lowest BCUT2D eigenvalue weighted by Crippen LogP contribution is -2.63. The molecular formula is C20H23NO2. The van der Waals surface area contributed by atoms with Crippen molar-refractivity contribution in [1.29, 1.82) is 0 Å². The highest BCUT2D eigenvalue weighted by atomic mass is 16.3. The summed E-state index contributed by atoms with van der Waals surface area (Å²) < 4.78 is 0. The molecule has 120 valence electrons. The zero-order chi connectivity index (χ0) is 16.2. The van der Waals surface area contributed by atoms with Crippen molar-refractivity contribution < 1.29 is 9.90 Å². The Morgan fingerprint density at radius 2 is 1.57 bits per heavy atom. The number of nitrogens with zero attached hydrogens (tertiary/aromatic N) is 1.